The predicted molar refractivity (Wildman–Crippen MR) is 170 cm³/mol. The highest BCUT2D eigenvalue weighted by atomic mass is 16.6. The summed E-state index contributed by atoms with van der Waals surface area (Å²) < 4.78 is 5.56. The number of carbonyl (C=O) groups is 3. The van der Waals surface area contributed by atoms with Gasteiger partial charge in [0, 0.05) is 19.0 Å². The van der Waals surface area contributed by atoms with Gasteiger partial charge in [-0.3, -0.25) is 9.59 Å². The molecule has 0 fully saturated rings. The van der Waals surface area contributed by atoms with Gasteiger partial charge in [0.15, 0.2) is 0 Å². The molecule has 0 aliphatic rings. The van der Waals surface area contributed by atoms with Gasteiger partial charge in [-0.1, -0.05) is 93.8 Å². The summed E-state index contributed by atoms with van der Waals surface area (Å²) in [5.41, 5.74) is 1.99. The van der Waals surface area contributed by atoms with E-state index in [1.54, 1.807) is 25.7 Å². The molecule has 7 heteroatoms. The molecule has 2 rings (SSSR count). The van der Waals surface area contributed by atoms with Crippen molar-refractivity contribution in [1.82, 2.24) is 15.5 Å². The summed E-state index contributed by atoms with van der Waals surface area (Å²) in [5, 5.41) is 5.95. The number of benzene rings is 2. The van der Waals surface area contributed by atoms with Gasteiger partial charge >= 0.3 is 6.09 Å². The molecule has 0 heterocycles. The van der Waals surface area contributed by atoms with Crippen LogP contribution in [0.15, 0.2) is 54.6 Å². The summed E-state index contributed by atoms with van der Waals surface area (Å²) in [7, 11) is 0. The summed E-state index contributed by atoms with van der Waals surface area (Å²) in [5.74, 6) is -0.0872. The van der Waals surface area contributed by atoms with E-state index in [0.717, 1.165) is 48.8 Å². The Bertz CT molecular complexity index is 1110. The van der Waals surface area contributed by atoms with Crippen LogP contribution in [0.3, 0.4) is 0 Å². The number of carbonyl (C=O) groups excluding carboxylic acids is 3. The Balaban J connectivity index is 2.58. The summed E-state index contributed by atoms with van der Waals surface area (Å²) in [6, 6.07) is 15.3. The standard InChI is InChI=1S/C35H53N3O4/c1-9-10-14-23-36-32(39)31(29-21-18-26(4)19-22-29)38(27(5)20-17-25(2)3)33(40)30(24-28-15-12-11-13-16-28)37-34(41)42-35(6,7)8/h11-13,15-16,18-19,21-22,25,27,30-31H,9-10,14,17,20,23-24H2,1-8H3,(H,36,39)(H,37,41). The third-order valence-electron chi connectivity index (χ3n) is 7.16. The normalized spacial score (nSPS) is 13.6. The first-order valence-corrected chi connectivity index (χ1v) is 15.5. The largest absolute Gasteiger partial charge is 0.444 e. The highest BCUT2D eigenvalue weighted by molar-refractivity contribution is 5.92. The van der Waals surface area contributed by atoms with E-state index in [1.165, 1.54) is 0 Å². The molecule has 0 bridgehead atoms. The monoisotopic (exact) mass is 579 g/mol. The van der Waals surface area contributed by atoms with Crippen LogP contribution in [-0.2, 0) is 20.7 Å². The maximum Gasteiger partial charge on any atom is 0.408 e. The van der Waals surface area contributed by atoms with Crippen molar-refractivity contribution >= 4 is 17.9 Å². The average Bonchev–Trinajstić information content (AvgIpc) is 2.92. The number of aryl methyl sites for hydroxylation is 1. The smallest absolute Gasteiger partial charge is 0.408 e. The second kappa shape index (κ2) is 16.9. The molecule has 7 nitrogen and oxygen atoms in total. The molecule has 3 atom stereocenters. The van der Waals surface area contributed by atoms with Gasteiger partial charge in [-0.05, 0) is 70.9 Å². The predicted octanol–water partition coefficient (Wildman–Crippen LogP) is 7.13. The molecule has 3 amide bonds. The van der Waals surface area contributed by atoms with Gasteiger partial charge in [0.05, 0.1) is 0 Å². The van der Waals surface area contributed by atoms with E-state index in [1.807, 2.05) is 68.4 Å². The lowest BCUT2D eigenvalue weighted by atomic mass is 9.95. The Hall–Kier alpha value is -3.35. The highest BCUT2D eigenvalue weighted by Crippen LogP contribution is 2.28. The Morgan fingerprint density at radius 2 is 1.55 bits per heavy atom. The van der Waals surface area contributed by atoms with E-state index in [-0.39, 0.29) is 24.3 Å². The average molecular weight is 580 g/mol. The topological polar surface area (TPSA) is 87.7 Å². The van der Waals surface area contributed by atoms with Gasteiger partial charge in [0.1, 0.15) is 17.7 Å². The van der Waals surface area contributed by atoms with Gasteiger partial charge in [-0.15, -0.1) is 0 Å². The van der Waals surface area contributed by atoms with Crippen molar-refractivity contribution in [2.75, 3.05) is 6.54 Å². The van der Waals surface area contributed by atoms with E-state index in [2.05, 4.69) is 31.4 Å². The fourth-order valence-electron chi connectivity index (χ4n) is 4.86. The number of hydrogen-bond acceptors (Lipinski definition) is 4. The van der Waals surface area contributed by atoms with Gasteiger partial charge < -0.3 is 20.3 Å². The first kappa shape index (κ1) is 34.8. The van der Waals surface area contributed by atoms with Crippen LogP contribution in [0.1, 0.15) is 103 Å². The SMILES string of the molecule is CCCCCNC(=O)C(c1ccc(C)cc1)N(C(=O)C(Cc1ccccc1)NC(=O)OC(C)(C)C)C(C)CCC(C)C. The minimum Gasteiger partial charge on any atom is -0.444 e. The van der Waals surface area contributed by atoms with Crippen molar-refractivity contribution in [3.63, 3.8) is 0 Å². The molecule has 0 aliphatic heterocycles. The third-order valence-corrected chi connectivity index (χ3v) is 7.16. The molecular formula is C35H53N3O4. The summed E-state index contributed by atoms with van der Waals surface area (Å²) in [6.45, 7) is 16.3. The number of hydrogen-bond donors (Lipinski definition) is 2. The van der Waals surface area contributed by atoms with Gasteiger partial charge in [-0.2, -0.15) is 0 Å². The summed E-state index contributed by atoms with van der Waals surface area (Å²) in [4.78, 5) is 43.3. The maximum absolute atomic E-state index is 14.7. The number of nitrogens with one attached hydrogen (secondary N) is 2. The number of alkyl carbamates (subject to hydrolysis) is 1. The number of unbranched alkanes of at least 4 members (excludes halogenated alkanes) is 2. The Morgan fingerprint density at radius 1 is 0.905 bits per heavy atom. The maximum atomic E-state index is 14.7. The van der Waals surface area contributed by atoms with E-state index >= 15 is 0 Å². The van der Waals surface area contributed by atoms with Crippen LogP contribution in [0, 0.1) is 12.8 Å². The molecule has 3 unspecified atom stereocenters. The molecule has 2 aromatic rings. The van der Waals surface area contributed by atoms with Crippen molar-refractivity contribution < 1.29 is 19.1 Å². The van der Waals surface area contributed by atoms with E-state index < -0.39 is 23.8 Å². The molecule has 2 aromatic carbocycles. The first-order valence-electron chi connectivity index (χ1n) is 15.5. The molecule has 0 saturated carbocycles. The van der Waals surface area contributed by atoms with Crippen molar-refractivity contribution in [3.8, 4) is 0 Å². The zero-order valence-corrected chi connectivity index (χ0v) is 27.0. The number of rotatable bonds is 15. The fraction of sp³-hybridized carbons (Fsp3) is 0.571. The fourth-order valence-corrected chi connectivity index (χ4v) is 4.86. The quantitative estimate of drug-likeness (QED) is 0.220. The van der Waals surface area contributed by atoms with E-state index in [4.69, 9.17) is 4.74 Å². The second-order valence-electron chi connectivity index (χ2n) is 12.8. The Morgan fingerprint density at radius 3 is 2.12 bits per heavy atom. The second-order valence-corrected chi connectivity index (χ2v) is 12.8. The molecule has 0 saturated heterocycles. The lowest BCUT2D eigenvalue weighted by Gasteiger charge is -2.39. The lowest BCUT2D eigenvalue weighted by Crippen LogP contribution is -2.56. The number of ether oxygens (including phenoxy) is 1. The van der Waals surface area contributed by atoms with E-state index in [9.17, 15) is 14.4 Å². The van der Waals surface area contributed by atoms with Crippen molar-refractivity contribution in [1.29, 1.82) is 0 Å². The summed E-state index contributed by atoms with van der Waals surface area (Å²) >= 11 is 0. The lowest BCUT2D eigenvalue weighted by molar-refractivity contribution is -0.145. The third kappa shape index (κ3) is 11.9. The Kier molecular flexibility index (Phi) is 14.1. The molecule has 0 radical (unpaired) electrons. The van der Waals surface area contributed by atoms with Crippen molar-refractivity contribution in [2.45, 2.75) is 118 Å². The zero-order chi connectivity index (χ0) is 31.3. The van der Waals surface area contributed by atoms with Crippen molar-refractivity contribution in [3.05, 3.63) is 71.3 Å². The van der Waals surface area contributed by atoms with Crippen molar-refractivity contribution in [2.24, 2.45) is 5.92 Å². The van der Waals surface area contributed by atoms with E-state index in [0.29, 0.717) is 12.5 Å². The van der Waals surface area contributed by atoms with Crippen LogP contribution >= 0.6 is 0 Å². The zero-order valence-electron chi connectivity index (χ0n) is 27.0. The van der Waals surface area contributed by atoms with Gasteiger partial charge in [0.2, 0.25) is 11.8 Å². The molecule has 0 aromatic heterocycles. The molecule has 232 valence electrons. The number of amides is 3. The molecule has 2 N–H and O–H groups in total. The minimum absolute atomic E-state index is 0.213. The molecular weight excluding hydrogens is 526 g/mol. The first-order chi connectivity index (χ1) is 19.8. The van der Waals surface area contributed by atoms with Gasteiger partial charge in [-0.25, -0.2) is 4.79 Å². The number of nitrogens with zero attached hydrogens (tertiary/aromatic N) is 1. The van der Waals surface area contributed by atoms with Crippen LogP contribution in [0.5, 0.6) is 0 Å². The molecule has 0 spiro atoms. The van der Waals surface area contributed by atoms with Gasteiger partial charge in [0.25, 0.3) is 0 Å². The van der Waals surface area contributed by atoms with Crippen LogP contribution in [0.25, 0.3) is 0 Å². The summed E-state index contributed by atoms with van der Waals surface area (Å²) in [6.07, 6.45) is 4.16. The van der Waals surface area contributed by atoms with Crippen LogP contribution in [-0.4, -0.2) is 47.0 Å². The van der Waals surface area contributed by atoms with Crippen LogP contribution in [0.2, 0.25) is 0 Å². The minimum atomic E-state index is -0.926. The van der Waals surface area contributed by atoms with Crippen LogP contribution in [0.4, 0.5) is 4.79 Å². The van der Waals surface area contributed by atoms with Crippen LogP contribution < -0.4 is 10.6 Å². The molecule has 0 aliphatic carbocycles. The Labute approximate surface area is 253 Å². The molecule has 42 heavy (non-hydrogen) atoms. The highest BCUT2D eigenvalue weighted by Gasteiger charge is 2.39.